The summed E-state index contributed by atoms with van der Waals surface area (Å²) in [6, 6.07) is 0. The summed E-state index contributed by atoms with van der Waals surface area (Å²) in [6.45, 7) is 10.4. The van der Waals surface area contributed by atoms with Crippen LogP contribution in [0.2, 0.25) is 5.04 Å². The monoisotopic (exact) mass is 300 g/mol. The lowest BCUT2D eigenvalue weighted by atomic mass is 9.98. The molecule has 0 saturated carbocycles. The van der Waals surface area contributed by atoms with Crippen LogP contribution in [-0.2, 0) is 4.43 Å². The summed E-state index contributed by atoms with van der Waals surface area (Å²) in [4.78, 5) is 0. The van der Waals surface area contributed by atoms with Crippen LogP contribution in [0.5, 0.6) is 0 Å². The number of rotatable bonds is 15. The molecule has 0 aliphatic rings. The van der Waals surface area contributed by atoms with Crippen molar-refractivity contribution < 1.29 is 4.43 Å². The fourth-order valence-electron chi connectivity index (χ4n) is 2.60. The van der Waals surface area contributed by atoms with Crippen LogP contribution in [0.1, 0.15) is 105 Å². The summed E-state index contributed by atoms with van der Waals surface area (Å²) >= 11 is 0. The molecule has 0 aromatic carbocycles. The molecule has 0 radical (unpaired) electrons. The second kappa shape index (κ2) is 14.1. The number of hydrogen-bond acceptors (Lipinski definition) is 1. The third-order valence-corrected chi connectivity index (χ3v) is 6.62. The highest BCUT2D eigenvalue weighted by atomic mass is 28.2. The summed E-state index contributed by atoms with van der Waals surface area (Å²) in [5, 5.41) is 0.552. The minimum Gasteiger partial charge on any atom is -0.423 e. The van der Waals surface area contributed by atoms with E-state index in [2.05, 4.69) is 27.7 Å². The Balaban J connectivity index is 3.51. The van der Waals surface area contributed by atoms with Gasteiger partial charge in [-0.15, -0.1) is 0 Å². The minimum absolute atomic E-state index is 0.342. The van der Waals surface area contributed by atoms with E-state index in [-0.39, 0.29) is 9.76 Å². The fraction of sp³-hybridized carbons (Fsp3) is 1.00. The van der Waals surface area contributed by atoms with Crippen molar-refractivity contribution in [3.63, 3.8) is 0 Å². The van der Waals surface area contributed by atoms with Crippen molar-refractivity contribution in [1.29, 1.82) is 0 Å². The maximum atomic E-state index is 5.99. The second-order valence-electron chi connectivity index (χ2n) is 6.80. The number of unbranched alkanes of at least 4 members (excludes halogenated alkanes) is 8. The normalized spacial score (nSPS) is 15.0. The molecule has 20 heavy (non-hydrogen) atoms. The van der Waals surface area contributed by atoms with Crippen LogP contribution in [0.25, 0.3) is 0 Å². The third-order valence-electron chi connectivity index (χ3n) is 4.58. The van der Waals surface area contributed by atoms with Gasteiger partial charge in [0.2, 0.25) is 0 Å². The van der Waals surface area contributed by atoms with Gasteiger partial charge in [0.1, 0.15) is 0 Å². The van der Waals surface area contributed by atoms with Gasteiger partial charge in [-0.25, -0.2) is 0 Å². The molecule has 0 bridgehead atoms. The van der Waals surface area contributed by atoms with E-state index < -0.39 is 0 Å². The molecule has 0 rings (SSSR count). The molecule has 0 fully saturated rings. The van der Waals surface area contributed by atoms with E-state index in [1.54, 1.807) is 0 Å². The van der Waals surface area contributed by atoms with Crippen LogP contribution in [-0.4, -0.2) is 16.4 Å². The first-order chi connectivity index (χ1) is 9.68. The van der Waals surface area contributed by atoms with Gasteiger partial charge in [0.15, 0.2) is 9.76 Å². The molecular weight excluding hydrogens is 260 g/mol. The van der Waals surface area contributed by atoms with E-state index >= 15 is 0 Å². The highest BCUT2D eigenvalue weighted by Crippen LogP contribution is 2.35. The van der Waals surface area contributed by atoms with Gasteiger partial charge >= 0.3 is 0 Å². The first kappa shape index (κ1) is 20.2. The summed E-state index contributed by atoms with van der Waals surface area (Å²) in [7, 11) is -0.342. The van der Waals surface area contributed by atoms with E-state index in [0.29, 0.717) is 5.04 Å². The van der Waals surface area contributed by atoms with Crippen LogP contribution in [0.3, 0.4) is 0 Å². The van der Waals surface area contributed by atoms with Crippen molar-refractivity contribution in [2.24, 2.45) is 0 Å². The molecule has 0 spiro atoms. The highest BCUT2D eigenvalue weighted by molar-refractivity contribution is 6.32. The van der Waals surface area contributed by atoms with Crippen molar-refractivity contribution >= 4 is 9.76 Å². The van der Waals surface area contributed by atoms with Crippen LogP contribution in [0.4, 0.5) is 0 Å². The molecule has 0 aliphatic carbocycles. The molecule has 0 aliphatic heterocycles. The van der Waals surface area contributed by atoms with E-state index in [4.69, 9.17) is 4.43 Å². The smallest absolute Gasteiger partial charge is 0.167 e. The van der Waals surface area contributed by atoms with Gasteiger partial charge in [0, 0.05) is 6.61 Å². The molecule has 0 N–H and O–H groups in total. The summed E-state index contributed by atoms with van der Waals surface area (Å²) in [5.74, 6) is 0. The van der Waals surface area contributed by atoms with Gasteiger partial charge in [-0.3, -0.25) is 0 Å². The van der Waals surface area contributed by atoms with E-state index in [9.17, 15) is 0 Å². The Hall–Kier alpha value is 0.177. The molecule has 1 atom stereocenters. The molecule has 122 valence electrons. The molecule has 0 aromatic heterocycles. The SMILES string of the molecule is CCCCCCCCCCC(C)(CC)[SiH2]OCCCC. The van der Waals surface area contributed by atoms with E-state index in [1.165, 1.54) is 77.0 Å². The summed E-state index contributed by atoms with van der Waals surface area (Å²) < 4.78 is 5.99. The first-order valence-corrected chi connectivity index (χ1v) is 10.5. The molecule has 1 unspecified atom stereocenters. The van der Waals surface area contributed by atoms with Crippen molar-refractivity contribution in [2.45, 2.75) is 110 Å². The fourth-order valence-corrected chi connectivity index (χ4v) is 4.04. The Bertz CT molecular complexity index is 196. The van der Waals surface area contributed by atoms with Gasteiger partial charge in [-0.05, 0) is 17.9 Å². The largest absolute Gasteiger partial charge is 0.423 e. The van der Waals surface area contributed by atoms with Crippen LogP contribution >= 0.6 is 0 Å². The van der Waals surface area contributed by atoms with Crippen molar-refractivity contribution in [3.8, 4) is 0 Å². The lowest BCUT2D eigenvalue weighted by molar-refractivity contribution is 0.299. The third kappa shape index (κ3) is 12.0. The van der Waals surface area contributed by atoms with Crippen molar-refractivity contribution in [3.05, 3.63) is 0 Å². The molecule has 0 heterocycles. The standard InChI is InChI=1S/C18H40OSi/c1-5-8-10-11-12-13-14-15-16-18(4,7-3)20-19-17-9-6-2/h5-17,20H2,1-4H3. The average Bonchev–Trinajstić information content (AvgIpc) is 2.46. The quantitative estimate of drug-likeness (QED) is 0.266. The zero-order valence-electron chi connectivity index (χ0n) is 14.8. The zero-order valence-corrected chi connectivity index (χ0v) is 16.2. The van der Waals surface area contributed by atoms with Crippen LogP contribution in [0, 0.1) is 0 Å². The lowest BCUT2D eigenvalue weighted by Gasteiger charge is -2.27. The Labute approximate surface area is 131 Å². The summed E-state index contributed by atoms with van der Waals surface area (Å²) in [5.41, 5.74) is 0. The first-order valence-electron chi connectivity index (χ1n) is 9.26. The second-order valence-corrected chi connectivity index (χ2v) is 9.20. The molecule has 0 amide bonds. The Kier molecular flexibility index (Phi) is 14.3. The zero-order chi connectivity index (χ0) is 15.1. The predicted molar refractivity (Wildman–Crippen MR) is 95.3 cm³/mol. The van der Waals surface area contributed by atoms with Crippen LogP contribution < -0.4 is 0 Å². The maximum Gasteiger partial charge on any atom is 0.167 e. The molecule has 1 nitrogen and oxygen atoms in total. The summed E-state index contributed by atoms with van der Waals surface area (Å²) in [6.07, 6.45) is 16.6. The molecule has 0 saturated heterocycles. The molecular formula is C18H40OSi. The van der Waals surface area contributed by atoms with Gasteiger partial charge in [-0.2, -0.15) is 0 Å². The van der Waals surface area contributed by atoms with Gasteiger partial charge in [0.25, 0.3) is 0 Å². The van der Waals surface area contributed by atoms with E-state index in [1.807, 2.05) is 0 Å². The van der Waals surface area contributed by atoms with Crippen molar-refractivity contribution in [2.75, 3.05) is 6.61 Å². The lowest BCUT2D eigenvalue weighted by Crippen LogP contribution is -2.19. The molecule has 2 heteroatoms. The Morgan fingerprint density at radius 1 is 0.750 bits per heavy atom. The van der Waals surface area contributed by atoms with Gasteiger partial charge in [-0.1, -0.05) is 91.9 Å². The minimum atomic E-state index is -0.342. The van der Waals surface area contributed by atoms with Gasteiger partial charge in [0.05, 0.1) is 0 Å². The topological polar surface area (TPSA) is 9.23 Å². The van der Waals surface area contributed by atoms with Crippen molar-refractivity contribution in [1.82, 2.24) is 0 Å². The van der Waals surface area contributed by atoms with Gasteiger partial charge < -0.3 is 4.43 Å². The predicted octanol–water partition coefficient (Wildman–Crippen LogP) is 6.01. The maximum absolute atomic E-state index is 5.99. The molecule has 0 aromatic rings. The van der Waals surface area contributed by atoms with E-state index in [0.717, 1.165) is 6.61 Å². The Morgan fingerprint density at radius 3 is 1.85 bits per heavy atom. The van der Waals surface area contributed by atoms with Crippen LogP contribution in [0.15, 0.2) is 0 Å². The Morgan fingerprint density at radius 2 is 1.30 bits per heavy atom. The average molecular weight is 301 g/mol. The highest BCUT2D eigenvalue weighted by Gasteiger charge is 2.22. The number of hydrogen-bond donors (Lipinski definition) is 0.